The number of alkyl halides is 6. The van der Waals surface area contributed by atoms with Gasteiger partial charge in [0.2, 0.25) is 5.95 Å². The predicted octanol–water partition coefficient (Wildman–Crippen LogP) is 8.84. The number of carbonyl (C=O) groups is 1. The predicted molar refractivity (Wildman–Crippen MR) is 188 cm³/mol. The molecule has 8 nitrogen and oxygen atoms in total. The van der Waals surface area contributed by atoms with Crippen LogP contribution in [0.15, 0.2) is 48.5 Å². The molecule has 5 rings (SSSR count). The van der Waals surface area contributed by atoms with Crippen LogP contribution in [0.1, 0.15) is 55.1 Å². The normalized spacial score (nSPS) is 15.3. The van der Waals surface area contributed by atoms with Gasteiger partial charge in [0.1, 0.15) is 17.4 Å². The minimum absolute atomic E-state index is 0.0401. The maximum Gasteiger partial charge on any atom is 0.408 e. The monoisotopic (exact) mass is 757 g/mol. The van der Waals surface area contributed by atoms with E-state index in [9.17, 15) is 31.1 Å². The highest BCUT2D eigenvalue weighted by Gasteiger charge is 2.43. The Morgan fingerprint density at radius 1 is 0.980 bits per heavy atom. The van der Waals surface area contributed by atoms with Crippen molar-refractivity contribution in [1.29, 1.82) is 0 Å². The van der Waals surface area contributed by atoms with E-state index in [0.29, 0.717) is 27.8 Å². The Balaban J connectivity index is 1.51. The van der Waals surface area contributed by atoms with Crippen LogP contribution >= 0.6 is 23.2 Å². The summed E-state index contributed by atoms with van der Waals surface area (Å²) < 4.78 is 84.7. The first-order valence-corrected chi connectivity index (χ1v) is 17.1. The number of fused-ring (bicyclic) bond motifs is 1. The molecule has 16 heteroatoms. The van der Waals surface area contributed by atoms with Crippen LogP contribution in [0, 0.1) is 11.3 Å². The summed E-state index contributed by atoms with van der Waals surface area (Å²) in [5.41, 5.74) is 1.65. The average molecular weight is 759 g/mol. The molecule has 0 radical (unpaired) electrons. The Morgan fingerprint density at radius 2 is 1.65 bits per heavy atom. The highest BCUT2D eigenvalue weighted by molar-refractivity contribution is 6.39. The number of nitrogens with one attached hydrogen (secondary N) is 3. The first kappa shape index (κ1) is 38.5. The molecule has 2 aromatic carbocycles. The summed E-state index contributed by atoms with van der Waals surface area (Å²) >= 11 is 13.3. The second-order valence-corrected chi connectivity index (χ2v) is 14.7. The van der Waals surface area contributed by atoms with Gasteiger partial charge in [0.15, 0.2) is 5.65 Å². The van der Waals surface area contributed by atoms with Crippen molar-refractivity contribution in [3.05, 3.63) is 75.3 Å². The molecular formula is C35H39Cl2F6N7O. The third-order valence-corrected chi connectivity index (χ3v) is 9.44. The van der Waals surface area contributed by atoms with Crippen molar-refractivity contribution in [3.8, 4) is 0 Å². The molecule has 4 aromatic rings. The molecule has 1 saturated heterocycles. The van der Waals surface area contributed by atoms with E-state index >= 15 is 0 Å². The van der Waals surface area contributed by atoms with Crippen molar-refractivity contribution in [3.63, 3.8) is 0 Å². The van der Waals surface area contributed by atoms with E-state index in [4.69, 9.17) is 23.2 Å². The molecule has 1 unspecified atom stereocenters. The molecule has 3 N–H and O–H groups in total. The van der Waals surface area contributed by atoms with Crippen LogP contribution in [0.2, 0.25) is 10.0 Å². The Bertz CT molecular complexity index is 1850. The number of imidazole rings is 1. The molecule has 0 bridgehead atoms. The van der Waals surface area contributed by atoms with Crippen molar-refractivity contribution in [2.75, 3.05) is 29.9 Å². The van der Waals surface area contributed by atoms with E-state index in [2.05, 4.69) is 46.7 Å². The molecule has 2 aromatic heterocycles. The molecule has 0 saturated carbocycles. The van der Waals surface area contributed by atoms with Gasteiger partial charge in [-0.05, 0) is 41.5 Å². The van der Waals surface area contributed by atoms with Crippen molar-refractivity contribution in [1.82, 2.24) is 25.2 Å². The summed E-state index contributed by atoms with van der Waals surface area (Å²) in [5.74, 6) is -2.47. The lowest BCUT2D eigenvalue weighted by Crippen LogP contribution is -2.47. The number of hydrogen-bond donors (Lipinski definition) is 3. The number of aromatic nitrogens is 3. The second kappa shape index (κ2) is 15.1. The third-order valence-electron chi connectivity index (χ3n) is 8.69. The molecule has 51 heavy (non-hydrogen) atoms. The molecule has 1 aliphatic rings. The number of anilines is 3. The molecular weight excluding hydrogens is 719 g/mol. The SMILES string of the molecule is Cn1c(Nc2c(Cl)ccc(CNCC(C)(C)C)c2Cl)nc2cc(C(=O)NC(Cc3ccccc3)C(F)(F)F)c(N3CCC(C(F)(F)F)CC3)nc21. The highest BCUT2D eigenvalue weighted by atomic mass is 35.5. The fraction of sp³-hybridized carbons (Fsp3) is 0.457. The smallest absolute Gasteiger partial charge is 0.356 e. The van der Waals surface area contributed by atoms with Crippen LogP contribution in [0.4, 0.5) is 43.8 Å². The average Bonchev–Trinajstić information content (AvgIpc) is 3.36. The Labute approximate surface area is 301 Å². The summed E-state index contributed by atoms with van der Waals surface area (Å²) in [6.45, 7) is 7.26. The van der Waals surface area contributed by atoms with Gasteiger partial charge in [-0.25, -0.2) is 9.97 Å². The van der Waals surface area contributed by atoms with Gasteiger partial charge in [-0.3, -0.25) is 9.36 Å². The number of benzene rings is 2. The number of nitrogens with zero attached hydrogens (tertiary/aromatic N) is 4. The van der Waals surface area contributed by atoms with Crippen molar-refractivity contribution in [2.45, 2.75) is 65.0 Å². The van der Waals surface area contributed by atoms with E-state index < -0.39 is 36.6 Å². The molecule has 0 spiro atoms. The van der Waals surface area contributed by atoms with Gasteiger partial charge in [-0.15, -0.1) is 0 Å². The minimum atomic E-state index is -4.80. The maximum absolute atomic E-state index is 14.2. The number of aryl methyl sites for hydroxylation is 1. The number of hydrogen-bond acceptors (Lipinski definition) is 6. The van der Waals surface area contributed by atoms with Gasteiger partial charge in [-0.2, -0.15) is 26.3 Å². The molecule has 1 aliphatic heterocycles. The molecule has 1 fully saturated rings. The number of piperidine rings is 1. The zero-order valence-electron chi connectivity index (χ0n) is 28.4. The first-order chi connectivity index (χ1) is 23.8. The van der Waals surface area contributed by atoms with Crippen LogP contribution in [-0.4, -0.2) is 58.5 Å². The van der Waals surface area contributed by atoms with Gasteiger partial charge in [0.05, 0.1) is 27.2 Å². The second-order valence-electron chi connectivity index (χ2n) is 13.9. The van der Waals surface area contributed by atoms with E-state index in [-0.39, 0.29) is 59.8 Å². The first-order valence-electron chi connectivity index (χ1n) is 16.4. The number of amides is 1. The molecule has 0 aliphatic carbocycles. The number of pyridine rings is 1. The van der Waals surface area contributed by atoms with Crippen molar-refractivity contribution < 1.29 is 31.1 Å². The van der Waals surface area contributed by atoms with Gasteiger partial charge >= 0.3 is 12.4 Å². The minimum Gasteiger partial charge on any atom is -0.356 e. The molecule has 1 atom stereocenters. The van der Waals surface area contributed by atoms with Crippen molar-refractivity contribution in [2.24, 2.45) is 18.4 Å². The highest BCUT2D eigenvalue weighted by Crippen LogP contribution is 2.38. The van der Waals surface area contributed by atoms with Crippen LogP contribution in [0.5, 0.6) is 0 Å². The molecule has 3 heterocycles. The summed E-state index contributed by atoms with van der Waals surface area (Å²) in [5, 5.41) is 9.24. The van der Waals surface area contributed by atoms with Crippen molar-refractivity contribution >= 4 is 57.7 Å². The third kappa shape index (κ3) is 9.38. The van der Waals surface area contributed by atoms with E-state index in [1.807, 2.05) is 0 Å². The standard InChI is InChI=1S/C35H39Cl2F6N7O/c1-33(2,3)19-44-18-21-10-11-24(36)28(27(21)37)47-32-45-25-17-23(31(51)46-26(35(41,42)43)16-20-8-6-5-7-9-20)29(48-30(25)49(32)4)50-14-12-22(13-15-50)34(38,39)40/h5-11,17,22,26,44H,12-16,18-19H2,1-4H3,(H,45,47)(H,46,51). The lowest BCUT2D eigenvalue weighted by atomic mass is 9.96. The lowest BCUT2D eigenvalue weighted by molar-refractivity contribution is -0.179. The Morgan fingerprint density at radius 3 is 2.25 bits per heavy atom. The quantitative estimate of drug-likeness (QED) is 0.140. The fourth-order valence-corrected chi connectivity index (χ4v) is 6.44. The van der Waals surface area contributed by atoms with Gasteiger partial charge in [-0.1, -0.05) is 80.4 Å². The Hall–Kier alpha value is -3.75. The lowest BCUT2D eigenvalue weighted by Gasteiger charge is -2.34. The van der Waals surface area contributed by atoms with E-state index in [0.717, 1.165) is 12.1 Å². The maximum atomic E-state index is 14.2. The van der Waals surface area contributed by atoms with Crippen LogP contribution in [0.3, 0.4) is 0 Å². The summed E-state index contributed by atoms with van der Waals surface area (Å²) in [4.78, 5) is 24.4. The molecule has 1 amide bonds. The summed E-state index contributed by atoms with van der Waals surface area (Å²) in [6, 6.07) is 10.4. The fourth-order valence-electron chi connectivity index (χ4n) is 5.91. The van der Waals surface area contributed by atoms with Crippen LogP contribution < -0.4 is 20.9 Å². The van der Waals surface area contributed by atoms with E-state index in [1.54, 1.807) is 41.9 Å². The number of rotatable bonds is 10. The topological polar surface area (TPSA) is 87.1 Å². The summed E-state index contributed by atoms with van der Waals surface area (Å²) in [7, 11) is 1.63. The largest absolute Gasteiger partial charge is 0.408 e. The zero-order valence-corrected chi connectivity index (χ0v) is 30.0. The van der Waals surface area contributed by atoms with Gasteiger partial charge < -0.3 is 20.9 Å². The Kier molecular flexibility index (Phi) is 11.4. The van der Waals surface area contributed by atoms with Crippen LogP contribution in [-0.2, 0) is 20.0 Å². The molecule has 276 valence electrons. The number of carbonyl (C=O) groups excluding carboxylic acids is 1. The van der Waals surface area contributed by atoms with Crippen LogP contribution in [0.25, 0.3) is 11.2 Å². The van der Waals surface area contributed by atoms with Gasteiger partial charge in [0.25, 0.3) is 5.91 Å². The van der Waals surface area contributed by atoms with E-state index in [1.165, 1.54) is 23.1 Å². The number of halogens is 8. The summed E-state index contributed by atoms with van der Waals surface area (Å²) in [6.07, 6.45) is -10.3. The zero-order chi connectivity index (χ0) is 37.3. The van der Waals surface area contributed by atoms with Gasteiger partial charge in [0, 0.05) is 39.6 Å².